The molecule has 1 aliphatic carbocycles. The van der Waals surface area contributed by atoms with Crippen molar-refractivity contribution >= 4 is 11.9 Å². The summed E-state index contributed by atoms with van der Waals surface area (Å²) in [5.74, 6) is -5.02. The number of ether oxygens (including phenoxy) is 5. The van der Waals surface area contributed by atoms with Gasteiger partial charge in [0.2, 0.25) is 18.0 Å². The largest absolute Gasteiger partial charge is 0.475 e. The van der Waals surface area contributed by atoms with Crippen molar-refractivity contribution < 1.29 is 48.6 Å². The monoisotopic (exact) mass is 525 g/mol. The molecule has 1 aromatic heterocycles. The molecule has 37 heavy (non-hydrogen) atoms. The highest BCUT2D eigenvalue weighted by Gasteiger charge is 2.57. The summed E-state index contributed by atoms with van der Waals surface area (Å²) < 4.78 is 30.2. The van der Waals surface area contributed by atoms with Gasteiger partial charge in [0, 0.05) is 31.0 Å². The summed E-state index contributed by atoms with van der Waals surface area (Å²) in [7, 11) is 0. The molecule has 3 fully saturated rings. The minimum Gasteiger partial charge on any atom is -0.475 e. The van der Waals surface area contributed by atoms with Gasteiger partial charge in [-0.2, -0.15) is 0 Å². The molecular weight excluding hydrogens is 498 g/mol. The molecule has 1 amide bonds. The second kappa shape index (κ2) is 9.66. The van der Waals surface area contributed by atoms with Crippen molar-refractivity contribution in [2.24, 2.45) is 11.7 Å². The van der Waals surface area contributed by atoms with Crippen LogP contribution in [-0.2, 0) is 33.3 Å². The molecule has 0 radical (unpaired) electrons. The van der Waals surface area contributed by atoms with Gasteiger partial charge >= 0.3 is 11.7 Å². The van der Waals surface area contributed by atoms with Gasteiger partial charge in [0.25, 0.3) is 5.56 Å². The number of nitrogens with one attached hydrogen (secondary N) is 1. The van der Waals surface area contributed by atoms with Crippen LogP contribution in [0.5, 0.6) is 0 Å². The fourth-order valence-corrected chi connectivity index (χ4v) is 5.32. The Labute approximate surface area is 208 Å². The number of aromatic nitrogens is 2. The Balaban J connectivity index is 1.42. The first-order valence-corrected chi connectivity index (χ1v) is 11.8. The molecule has 8 atom stereocenters. The van der Waals surface area contributed by atoms with Crippen LogP contribution >= 0.6 is 0 Å². The van der Waals surface area contributed by atoms with E-state index in [4.69, 9.17) is 29.4 Å². The van der Waals surface area contributed by atoms with Gasteiger partial charge in [0.1, 0.15) is 18.3 Å². The second-order valence-electron chi connectivity index (χ2n) is 9.41. The van der Waals surface area contributed by atoms with Gasteiger partial charge in [-0.1, -0.05) is 0 Å². The number of carboxylic acids is 1. The molecular formula is C22H27N3O12. The maximum absolute atomic E-state index is 12.5. The molecule has 2 saturated heterocycles. The molecule has 5 rings (SSSR count). The van der Waals surface area contributed by atoms with Crippen LogP contribution in [0.2, 0.25) is 0 Å². The number of carboxylic acid groups (broad SMARTS) is 1. The number of aliphatic hydroxyl groups is 2. The third kappa shape index (κ3) is 4.58. The van der Waals surface area contributed by atoms with E-state index in [2.05, 4.69) is 0 Å². The van der Waals surface area contributed by atoms with Crippen LogP contribution in [0, 0.1) is 5.92 Å². The van der Waals surface area contributed by atoms with Crippen molar-refractivity contribution in [1.82, 2.24) is 9.55 Å². The van der Waals surface area contributed by atoms with Gasteiger partial charge in [-0.05, 0) is 18.9 Å². The SMILES string of the molecule is NC(=O)[C@H](O[C@H]1OC(C(=O)O)=C[C@@H]2OC3(CCCC3)O[C@H]12)[C@H]1O[C@@H](n2ccc(=O)[nH]c2=O)[C@H](O)[C@@H]1CO. The molecule has 3 aliphatic heterocycles. The Kier molecular flexibility index (Phi) is 6.68. The molecule has 0 bridgehead atoms. The predicted octanol–water partition coefficient (Wildman–Crippen LogP) is -2.35. The number of amides is 1. The van der Waals surface area contributed by atoms with E-state index in [1.165, 1.54) is 6.08 Å². The first-order chi connectivity index (χ1) is 17.6. The number of nitrogens with zero attached hydrogens (tertiary/aromatic N) is 1. The molecule has 0 unspecified atom stereocenters. The lowest BCUT2D eigenvalue weighted by atomic mass is 9.94. The molecule has 6 N–H and O–H groups in total. The molecule has 0 aromatic carbocycles. The number of primary amides is 1. The van der Waals surface area contributed by atoms with Crippen molar-refractivity contribution in [2.45, 2.75) is 74.5 Å². The van der Waals surface area contributed by atoms with Crippen LogP contribution in [0.25, 0.3) is 0 Å². The maximum Gasteiger partial charge on any atom is 0.371 e. The fraction of sp³-hybridized carbons (Fsp3) is 0.636. The van der Waals surface area contributed by atoms with Crippen LogP contribution in [-0.4, -0.2) is 86.0 Å². The summed E-state index contributed by atoms with van der Waals surface area (Å²) in [5.41, 5.74) is 4.03. The zero-order valence-electron chi connectivity index (χ0n) is 19.4. The summed E-state index contributed by atoms with van der Waals surface area (Å²) in [6.07, 6.45) is -3.98. The number of carbonyl (C=O) groups excluding carboxylic acids is 1. The third-order valence-corrected chi connectivity index (χ3v) is 7.07. The van der Waals surface area contributed by atoms with Gasteiger partial charge in [0.15, 0.2) is 24.2 Å². The quantitative estimate of drug-likeness (QED) is 0.252. The van der Waals surface area contributed by atoms with E-state index in [0.29, 0.717) is 12.8 Å². The lowest BCUT2D eigenvalue weighted by Gasteiger charge is -2.34. The molecule has 1 saturated carbocycles. The number of rotatable bonds is 7. The highest BCUT2D eigenvalue weighted by molar-refractivity contribution is 5.84. The van der Waals surface area contributed by atoms with E-state index in [1.807, 2.05) is 4.98 Å². The third-order valence-electron chi connectivity index (χ3n) is 7.07. The summed E-state index contributed by atoms with van der Waals surface area (Å²) in [6, 6.07) is 1.03. The van der Waals surface area contributed by atoms with Gasteiger partial charge in [-0.15, -0.1) is 0 Å². The lowest BCUT2D eigenvalue weighted by Crippen LogP contribution is -2.52. The Hall–Kier alpha value is -3.08. The van der Waals surface area contributed by atoms with E-state index in [0.717, 1.165) is 29.7 Å². The van der Waals surface area contributed by atoms with E-state index >= 15 is 0 Å². The highest BCUT2D eigenvalue weighted by atomic mass is 16.8. The highest BCUT2D eigenvalue weighted by Crippen LogP contribution is 2.46. The predicted molar refractivity (Wildman–Crippen MR) is 117 cm³/mol. The Bertz CT molecular complexity index is 1200. The van der Waals surface area contributed by atoms with Gasteiger partial charge in [0.05, 0.1) is 6.61 Å². The minimum atomic E-state index is -1.67. The summed E-state index contributed by atoms with van der Waals surface area (Å²) >= 11 is 0. The van der Waals surface area contributed by atoms with Crippen molar-refractivity contribution in [3.63, 3.8) is 0 Å². The van der Waals surface area contributed by atoms with Gasteiger partial charge < -0.3 is 44.7 Å². The molecule has 202 valence electrons. The Morgan fingerprint density at radius 1 is 1.27 bits per heavy atom. The second-order valence-corrected chi connectivity index (χ2v) is 9.41. The maximum atomic E-state index is 12.5. The number of carbonyl (C=O) groups is 2. The number of H-pyrrole nitrogens is 1. The molecule has 4 aliphatic rings. The van der Waals surface area contributed by atoms with Crippen LogP contribution in [0.3, 0.4) is 0 Å². The number of aliphatic hydroxyl groups excluding tert-OH is 2. The van der Waals surface area contributed by atoms with Gasteiger partial charge in [-0.3, -0.25) is 19.1 Å². The normalized spacial score (nSPS) is 35.1. The van der Waals surface area contributed by atoms with Crippen molar-refractivity contribution in [1.29, 1.82) is 0 Å². The number of nitrogens with two attached hydrogens (primary N) is 1. The number of hydrogen-bond donors (Lipinski definition) is 5. The van der Waals surface area contributed by atoms with Crippen LogP contribution in [0.1, 0.15) is 31.9 Å². The number of fused-ring (bicyclic) bond motifs is 1. The molecule has 15 nitrogen and oxygen atoms in total. The molecule has 1 aromatic rings. The Morgan fingerprint density at radius 3 is 2.62 bits per heavy atom. The topological polar surface area (TPSA) is 222 Å². The van der Waals surface area contributed by atoms with Crippen molar-refractivity contribution in [3.8, 4) is 0 Å². The zero-order chi connectivity index (χ0) is 26.5. The summed E-state index contributed by atoms with van der Waals surface area (Å²) in [4.78, 5) is 49.9. The first-order valence-electron chi connectivity index (χ1n) is 11.8. The molecule has 1 spiro atoms. The zero-order valence-corrected chi connectivity index (χ0v) is 19.4. The minimum absolute atomic E-state index is 0.475. The smallest absolute Gasteiger partial charge is 0.371 e. The van der Waals surface area contributed by atoms with E-state index in [-0.39, 0.29) is 0 Å². The van der Waals surface area contributed by atoms with E-state index in [1.54, 1.807) is 0 Å². The van der Waals surface area contributed by atoms with E-state index < -0.39 is 90.2 Å². The average molecular weight is 525 g/mol. The van der Waals surface area contributed by atoms with Crippen molar-refractivity contribution in [3.05, 3.63) is 44.9 Å². The van der Waals surface area contributed by atoms with Gasteiger partial charge in [-0.25, -0.2) is 9.59 Å². The van der Waals surface area contributed by atoms with Crippen molar-refractivity contribution in [2.75, 3.05) is 6.61 Å². The average Bonchev–Trinajstić information content (AvgIpc) is 3.54. The Morgan fingerprint density at radius 2 is 2.00 bits per heavy atom. The van der Waals surface area contributed by atoms with Crippen LogP contribution in [0.4, 0.5) is 0 Å². The van der Waals surface area contributed by atoms with Crippen LogP contribution in [0.15, 0.2) is 33.7 Å². The fourth-order valence-electron chi connectivity index (χ4n) is 5.32. The first kappa shape index (κ1) is 25.6. The standard InChI is InChI=1S/C22H27N3O12/c23-17(29)16(14-9(8-26)13(28)18(34-14)25-6-3-12(27)24-21(25)32)35-20-15-10(7-11(33-20)19(30)31)36-22(37-15)4-1-2-5-22/h3,6-7,9-10,13-16,18,20,26,28H,1-2,4-5,8H2,(H2,23,29)(H,30,31)(H,24,27,32)/t9-,10-,13+,14-,15-,16+,18+,20+/m0/s1. The molecule has 15 heteroatoms. The summed E-state index contributed by atoms with van der Waals surface area (Å²) in [5, 5.41) is 30.3. The molecule has 4 heterocycles. The number of hydrogen-bond acceptors (Lipinski definition) is 11. The summed E-state index contributed by atoms with van der Waals surface area (Å²) in [6.45, 7) is -0.686. The number of aliphatic carboxylic acids is 1. The lowest BCUT2D eigenvalue weighted by molar-refractivity contribution is -0.244. The van der Waals surface area contributed by atoms with Crippen LogP contribution < -0.4 is 17.0 Å². The number of aromatic amines is 1. The van der Waals surface area contributed by atoms with E-state index in [9.17, 15) is 34.5 Å².